The van der Waals surface area contributed by atoms with Crippen molar-refractivity contribution in [2.75, 3.05) is 14.2 Å². The van der Waals surface area contributed by atoms with Crippen LogP contribution in [0.4, 0.5) is 0 Å². The second kappa shape index (κ2) is 7.89. The number of Topliss-reactive ketones (excluding diaryl/α,β-unsaturated/α-hetero) is 1. The van der Waals surface area contributed by atoms with Crippen molar-refractivity contribution < 1.29 is 14.3 Å². The van der Waals surface area contributed by atoms with Gasteiger partial charge in [0.1, 0.15) is 27.4 Å². The maximum atomic E-state index is 12.9. The van der Waals surface area contributed by atoms with Crippen molar-refractivity contribution in [1.29, 1.82) is 5.41 Å². The molecule has 6 nitrogen and oxygen atoms in total. The van der Waals surface area contributed by atoms with Crippen molar-refractivity contribution in [3.05, 3.63) is 37.1 Å². The van der Waals surface area contributed by atoms with Gasteiger partial charge in [0.25, 0.3) is 0 Å². The van der Waals surface area contributed by atoms with Gasteiger partial charge in [-0.2, -0.15) is 0 Å². The average molecular weight is 454 g/mol. The van der Waals surface area contributed by atoms with Crippen LogP contribution in [0.15, 0.2) is 21.5 Å². The number of carbonyl (C=O) groups is 1. The van der Waals surface area contributed by atoms with E-state index in [-0.39, 0.29) is 10.8 Å². The van der Waals surface area contributed by atoms with E-state index in [2.05, 4.69) is 26.1 Å². The number of methoxy groups -OCH3 is 2. The number of hydrogen-bond acceptors (Lipinski definition) is 8. The molecule has 26 heavy (non-hydrogen) atoms. The molecule has 9 heteroatoms. The Balaban J connectivity index is 1.96. The molecule has 0 bridgehead atoms. The molecule has 1 aliphatic heterocycles. The lowest BCUT2D eigenvalue weighted by molar-refractivity contribution is -0.114. The molecule has 1 N–H and O–H groups in total. The predicted molar refractivity (Wildman–Crippen MR) is 108 cm³/mol. The average Bonchev–Trinajstić information content (AvgIpc) is 3.19. The monoisotopic (exact) mass is 453 g/mol. The molecule has 0 spiro atoms. The van der Waals surface area contributed by atoms with Gasteiger partial charge in [-0.3, -0.25) is 10.2 Å². The van der Waals surface area contributed by atoms with Crippen molar-refractivity contribution in [1.82, 2.24) is 10.2 Å². The van der Waals surface area contributed by atoms with Gasteiger partial charge in [0.2, 0.25) is 0 Å². The Labute approximate surface area is 167 Å². The number of aryl methyl sites for hydroxylation is 1. The first-order chi connectivity index (χ1) is 12.5. The Kier molecular flexibility index (Phi) is 5.79. The lowest BCUT2D eigenvalue weighted by atomic mass is 10.0. The zero-order chi connectivity index (χ0) is 18.8. The number of nitrogens with one attached hydrogen (secondary N) is 1. The highest BCUT2D eigenvalue weighted by Gasteiger charge is 2.39. The van der Waals surface area contributed by atoms with Crippen LogP contribution in [0.1, 0.15) is 28.4 Å². The standard InChI is InChI=1S/C17H16BrN3O3S2/c1-4-13-20-21-17(26-13)14-15(22)12(25-16(14)19)6-8-5-9(18)11(24-3)7-10(8)23-2/h5-7,14,19H,4H2,1-3H3/b12-6-,19-16?/t14-/m1/s1. The first kappa shape index (κ1) is 19.1. The molecule has 1 atom stereocenters. The fraction of sp³-hybridized carbons (Fsp3) is 0.294. The van der Waals surface area contributed by atoms with E-state index in [0.29, 0.717) is 21.4 Å². The minimum Gasteiger partial charge on any atom is -0.496 e. The van der Waals surface area contributed by atoms with Crippen LogP contribution in [0.5, 0.6) is 11.5 Å². The molecule has 0 saturated carbocycles. The van der Waals surface area contributed by atoms with E-state index in [1.807, 2.05) is 13.0 Å². The molecule has 1 fully saturated rings. The van der Waals surface area contributed by atoms with Gasteiger partial charge in [-0.15, -0.1) is 21.5 Å². The molecule has 2 aromatic rings. The molecule has 0 radical (unpaired) electrons. The van der Waals surface area contributed by atoms with Crippen molar-refractivity contribution >= 4 is 55.9 Å². The summed E-state index contributed by atoms with van der Waals surface area (Å²) in [5, 5.41) is 18.1. The molecule has 1 aromatic heterocycles. The number of ketones is 1. The minimum atomic E-state index is -0.656. The van der Waals surface area contributed by atoms with E-state index >= 15 is 0 Å². The zero-order valence-electron chi connectivity index (χ0n) is 14.3. The number of halogens is 1. The fourth-order valence-electron chi connectivity index (χ4n) is 2.48. The molecule has 0 amide bonds. The highest BCUT2D eigenvalue weighted by molar-refractivity contribution is 9.10. The SMILES string of the molecule is CCc1nnc([C@H]2C(=N)S/C(=C\c3cc(Br)c(OC)cc3OC)C2=O)s1. The summed E-state index contributed by atoms with van der Waals surface area (Å²) >= 11 is 5.99. The summed E-state index contributed by atoms with van der Waals surface area (Å²) in [7, 11) is 3.14. The van der Waals surface area contributed by atoms with Crippen LogP contribution in [0.3, 0.4) is 0 Å². The zero-order valence-corrected chi connectivity index (χ0v) is 17.5. The molecule has 1 saturated heterocycles. The Hall–Kier alpha value is -1.71. The molecule has 3 rings (SSSR count). The van der Waals surface area contributed by atoms with E-state index in [4.69, 9.17) is 14.9 Å². The predicted octanol–water partition coefficient (Wildman–Crippen LogP) is 4.30. The third-order valence-corrected chi connectivity index (χ3v) is 6.56. The van der Waals surface area contributed by atoms with Crippen LogP contribution in [0, 0.1) is 5.41 Å². The van der Waals surface area contributed by atoms with Crippen molar-refractivity contribution in [2.45, 2.75) is 19.3 Å². The summed E-state index contributed by atoms with van der Waals surface area (Å²) in [6.45, 7) is 1.99. The largest absolute Gasteiger partial charge is 0.496 e. The summed E-state index contributed by atoms with van der Waals surface area (Å²) in [5.74, 6) is 0.440. The number of aromatic nitrogens is 2. The van der Waals surface area contributed by atoms with E-state index in [9.17, 15) is 4.79 Å². The first-order valence-corrected chi connectivity index (χ1v) is 10.2. The number of rotatable bonds is 5. The second-order valence-electron chi connectivity index (χ2n) is 5.39. The Morgan fingerprint density at radius 3 is 2.62 bits per heavy atom. The maximum Gasteiger partial charge on any atom is 0.186 e. The summed E-state index contributed by atoms with van der Waals surface area (Å²) < 4.78 is 11.4. The summed E-state index contributed by atoms with van der Waals surface area (Å²) in [4.78, 5) is 13.3. The van der Waals surface area contributed by atoms with E-state index in [1.54, 1.807) is 26.4 Å². The van der Waals surface area contributed by atoms with Crippen molar-refractivity contribution in [2.24, 2.45) is 0 Å². The van der Waals surface area contributed by atoms with Gasteiger partial charge in [0.05, 0.1) is 28.6 Å². The quantitative estimate of drug-likeness (QED) is 0.679. The van der Waals surface area contributed by atoms with E-state index < -0.39 is 5.92 Å². The molecule has 0 unspecified atom stereocenters. The van der Waals surface area contributed by atoms with Crippen LogP contribution in [-0.2, 0) is 11.2 Å². The number of thioether (sulfide) groups is 1. The maximum absolute atomic E-state index is 12.9. The number of nitrogens with zero attached hydrogens (tertiary/aromatic N) is 2. The lowest BCUT2D eigenvalue weighted by Gasteiger charge is -2.10. The molecular formula is C17H16BrN3O3S2. The Bertz CT molecular complexity index is 911. The van der Waals surface area contributed by atoms with Crippen LogP contribution in [0.2, 0.25) is 0 Å². The molecule has 2 heterocycles. The molecular weight excluding hydrogens is 438 g/mol. The number of allylic oxidation sites excluding steroid dienone is 1. The number of benzene rings is 1. The smallest absolute Gasteiger partial charge is 0.186 e. The molecule has 136 valence electrons. The normalized spacial score (nSPS) is 18.6. The molecule has 0 aliphatic carbocycles. The van der Waals surface area contributed by atoms with Gasteiger partial charge in [0.15, 0.2) is 5.78 Å². The molecule has 1 aliphatic rings. The summed E-state index contributed by atoms with van der Waals surface area (Å²) in [5.41, 5.74) is 0.732. The third-order valence-electron chi connectivity index (χ3n) is 3.81. The van der Waals surface area contributed by atoms with Crippen LogP contribution in [-0.4, -0.2) is 35.2 Å². The van der Waals surface area contributed by atoms with Gasteiger partial charge >= 0.3 is 0 Å². The topological polar surface area (TPSA) is 85.2 Å². The second-order valence-corrected chi connectivity index (χ2v) is 8.42. The van der Waals surface area contributed by atoms with Gasteiger partial charge < -0.3 is 9.47 Å². The number of carbonyl (C=O) groups excluding carboxylic acids is 1. The van der Waals surface area contributed by atoms with E-state index in [0.717, 1.165) is 33.2 Å². The minimum absolute atomic E-state index is 0.132. The van der Waals surface area contributed by atoms with Gasteiger partial charge in [-0.05, 0) is 34.5 Å². The van der Waals surface area contributed by atoms with Crippen LogP contribution in [0.25, 0.3) is 6.08 Å². The van der Waals surface area contributed by atoms with E-state index in [1.165, 1.54) is 11.3 Å². The van der Waals surface area contributed by atoms with Crippen molar-refractivity contribution in [3.63, 3.8) is 0 Å². The highest BCUT2D eigenvalue weighted by atomic mass is 79.9. The fourth-order valence-corrected chi connectivity index (χ4v) is 4.94. The Morgan fingerprint density at radius 2 is 2.00 bits per heavy atom. The van der Waals surface area contributed by atoms with Gasteiger partial charge in [-0.1, -0.05) is 18.7 Å². The lowest BCUT2D eigenvalue weighted by Crippen LogP contribution is -2.11. The Morgan fingerprint density at radius 1 is 1.27 bits per heavy atom. The summed E-state index contributed by atoms with van der Waals surface area (Å²) in [6, 6.07) is 3.58. The van der Waals surface area contributed by atoms with Crippen LogP contribution >= 0.6 is 39.0 Å². The van der Waals surface area contributed by atoms with Crippen LogP contribution < -0.4 is 9.47 Å². The molecule has 1 aromatic carbocycles. The number of ether oxygens (including phenoxy) is 2. The van der Waals surface area contributed by atoms with Crippen molar-refractivity contribution in [3.8, 4) is 11.5 Å². The number of hydrogen-bond donors (Lipinski definition) is 1. The third kappa shape index (κ3) is 3.56. The summed E-state index contributed by atoms with van der Waals surface area (Å²) in [6.07, 6.45) is 2.51. The first-order valence-electron chi connectivity index (χ1n) is 7.74. The van der Waals surface area contributed by atoms with Gasteiger partial charge in [-0.25, -0.2) is 0 Å². The van der Waals surface area contributed by atoms with Gasteiger partial charge in [0, 0.05) is 11.6 Å². The highest BCUT2D eigenvalue weighted by Crippen LogP contribution is 2.43.